The van der Waals surface area contributed by atoms with Gasteiger partial charge in [-0.25, -0.2) is 0 Å². The van der Waals surface area contributed by atoms with E-state index in [0.717, 1.165) is 29.2 Å². The van der Waals surface area contributed by atoms with Gasteiger partial charge in [0.15, 0.2) is 6.61 Å². The lowest BCUT2D eigenvalue weighted by Gasteiger charge is -2.39. The van der Waals surface area contributed by atoms with Crippen molar-refractivity contribution in [3.05, 3.63) is 29.3 Å². The predicted octanol–water partition coefficient (Wildman–Crippen LogP) is 4.01. The van der Waals surface area contributed by atoms with Gasteiger partial charge in [0.05, 0.1) is 0 Å². The molecule has 0 aliphatic heterocycles. The van der Waals surface area contributed by atoms with E-state index >= 15 is 0 Å². The van der Waals surface area contributed by atoms with Crippen LogP contribution in [0.3, 0.4) is 0 Å². The van der Waals surface area contributed by atoms with Gasteiger partial charge in [-0.2, -0.15) is 0 Å². The fourth-order valence-electron chi connectivity index (χ4n) is 4.66. The molecule has 2 aliphatic rings. The lowest BCUT2D eigenvalue weighted by atomic mass is 9.69. The second kappa shape index (κ2) is 5.54. The average Bonchev–Trinajstić information content (AvgIpc) is 2.81. The molecular formula is C20H29NO2. The summed E-state index contributed by atoms with van der Waals surface area (Å²) in [5.41, 5.74) is 2.75. The van der Waals surface area contributed by atoms with Crippen molar-refractivity contribution < 1.29 is 9.53 Å². The lowest BCUT2D eigenvalue weighted by molar-refractivity contribution is -0.124. The van der Waals surface area contributed by atoms with Crippen molar-refractivity contribution in [2.24, 2.45) is 16.7 Å². The summed E-state index contributed by atoms with van der Waals surface area (Å²) in [4.78, 5) is 12.4. The van der Waals surface area contributed by atoms with Crippen molar-refractivity contribution in [2.75, 3.05) is 6.61 Å². The van der Waals surface area contributed by atoms with Crippen LogP contribution in [0.4, 0.5) is 0 Å². The van der Waals surface area contributed by atoms with E-state index in [0.29, 0.717) is 5.41 Å². The smallest absolute Gasteiger partial charge is 0.258 e. The third kappa shape index (κ3) is 2.64. The van der Waals surface area contributed by atoms with Gasteiger partial charge in [-0.15, -0.1) is 0 Å². The SMILES string of the molecule is Cc1ccc(C)c(OCC(=O)N[C@@H]2C[C@H]3CC[C@]2(C)C3(C)C)c1. The summed E-state index contributed by atoms with van der Waals surface area (Å²) < 4.78 is 5.74. The summed E-state index contributed by atoms with van der Waals surface area (Å²) in [6.45, 7) is 11.2. The van der Waals surface area contributed by atoms with Crippen LogP contribution < -0.4 is 10.1 Å². The largest absolute Gasteiger partial charge is 0.483 e. The van der Waals surface area contributed by atoms with Crippen LogP contribution in [0.5, 0.6) is 5.75 Å². The highest BCUT2D eigenvalue weighted by Gasteiger charge is 2.61. The molecule has 0 spiro atoms. The number of benzene rings is 1. The molecule has 1 amide bonds. The quantitative estimate of drug-likeness (QED) is 0.911. The van der Waals surface area contributed by atoms with Gasteiger partial charge in [0.1, 0.15) is 5.75 Å². The van der Waals surface area contributed by atoms with Gasteiger partial charge in [-0.3, -0.25) is 4.79 Å². The van der Waals surface area contributed by atoms with E-state index < -0.39 is 0 Å². The molecule has 0 heterocycles. The molecule has 3 heteroatoms. The summed E-state index contributed by atoms with van der Waals surface area (Å²) in [5.74, 6) is 1.54. The number of ether oxygens (including phenoxy) is 1. The van der Waals surface area contributed by atoms with Crippen molar-refractivity contribution >= 4 is 5.91 Å². The zero-order chi connectivity index (χ0) is 16.8. The molecule has 2 aliphatic carbocycles. The highest BCUT2D eigenvalue weighted by molar-refractivity contribution is 5.78. The maximum Gasteiger partial charge on any atom is 0.258 e. The highest BCUT2D eigenvalue weighted by atomic mass is 16.5. The van der Waals surface area contributed by atoms with E-state index in [1.54, 1.807) is 0 Å². The average molecular weight is 315 g/mol. The molecular weight excluding hydrogens is 286 g/mol. The number of aryl methyl sites for hydroxylation is 2. The summed E-state index contributed by atoms with van der Waals surface area (Å²) in [7, 11) is 0. The third-order valence-electron chi connectivity index (χ3n) is 6.83. The number of rotatable bonds is 4. The number of amides is 1. The summed E-state index contributed by atoms with van der Waals surface area (Å²) in [6.07, 6.45) is 3.63. The molecule has 2 bridgehead atoms. The molecule has 0 saturated heterocycles. The first-order valence-electron chi connectivity index (χ1n) is 8.73. The normalized spacial score (nSPS) is 31.2. The van der Waals surface area contributed by atoms with Gasteiger partial charge in [0.2, 0.25) is 0 Å². The van der Waals surface area contributed by atoms with Crippen LogP contribution in [0.25, 0.3) is 0 Å². The molecule has 0 unspecified atom stereocenters. The second-order valence-corrected chi connectivity index (χ2v) is 8.29. The fraction of sp³-hybridized carbons (Fsp3) is 0.650. The van der Waals surface area contributed by atoms with Crippen LogP contribution >= 0.6 is 0 Å². The Labute approximate surface area is 139 Å². The summed E-state index contributed by atoms with van der Waals surface area (Å²) >= 11 is 0. The van der Waals surface area contributed by atoms with Gasteiger partial charge in [0, 0.05) is 6.04 Å². The van der Waals surface area contributed by atoms with E-state index in [4.69, 9.17) is 4.74 Å². The maximum absolute atomic E-state index is 12.4. The Bertz CT molecular complexity index is 622. The molecule has 3 rings (SSSR count). The Hall–Kier alpha value is -1.51. The molecule has 23 heavy (non-hydrogen) atoms. The lowest BCUT2D eigenvalue weighted by Crippen LogP contribution is -2.48. The van der Waals surface area contributed by atoms with Gasteiger partial charge in [-0.05, 0) is 67.1 Å². The Morgan fingerprint density at radius 1 is 1.30 bits per heavy atom. The van der Waals surface area contributed by atoms with Crippen LogP contribution in [-0.2, 0) is 4.79 Å². The van der Waals surface area contributed by atoms with Crippen LogP contribution in [0.2, 0.25) is 0 Å². The van der Waals surface area contributed by atoms with E-state index in [-0.39, 0.29) is 24.0 Å². The first kappa shape index (κ1) is 16.4. The van der Waals surface area contributed by atoms with E-state index in [2.05, 4.69) is 32.2 Å². The molecule has 2 saturated carbocycles. The van der Waals surface area contributed by atoms with Crippen LogP contribution in [0.1, 0.15) is 51.2 Å². The number of carbonyl (C=O) groups is 1. The first-order chi connectivity index (χ1) is 10.7. The number of fused-ring (bicyclic) bond motifs is 2. The zero-order valence-corrected chi connectivity index (χ0v) is 15.0. The first-order valence-corrected chi connectivity index (χ1v) is 8.73. The highest BCUT2D eigenvalue weighted by Crippen LogP contribution is 2.65. The Morgan fingerprint density at radius 3 is 2.65 bits per heavy atom. The molecule has 1 aromatic rings. The van der Waals surface area contributed by atoms with Gasteiger partial charge in [-0.1, -0.05) is 32.9 Å². The zero-order valence-electron chi connectivity index (χ0n) is 15.0. The number of hydrogen-bond acceptors (Lipinski definition) is 2. The molecule has 3 nitrogen and oxygen atoms in total. The van der Waals surface area contributed by atoms with Crippen LogP contribution in [0, 0.1) is 30.6 Å². The van der Waals surface area contributed by atoms with Crippen molar-refractivity contribution in [3.63, 3.8) is 0 Å². The molecule has 1 aromatic carbocycles. The third-order valence-corrected chi connectivity index (χ3v) is 6.83. The van der Waals surface area contributed by atoms with Crippen molar-refractivity contribution in [3.8, 4) is 5.75 Å². The minimum Gasteiger partial charge on any atom is -0.483 e. The predicted molar refractivity (Wildman–Crippen MR) is 92.6 cm³/mol. The van der Waals surface area contributed by atoms with E-state index in [1.165, 1.54) is 12.8 Å². The van der Waals surface area contributed by atoms with Crippen LogP contribution in [-0.4, -0.2) is 18.6 Å². The fourth-order valence-corrected chi connectivity index (χ4v) is 4.66. The minimum absolute atomic E-state index is 0.000445. The molecule has 126 valence electrons. The number of nitrogens with one attached hydrogen (secondary N) is 1. The number of carbonyl (C=O) groups excluding carboxylic acids is 1. The summed E-state index contributed by atoms with van der Waals surface area (Å²) in [5, 5.41) is 3.25. The number of hydrogen-bond donors (Lipinski definition) is 1. The monoisotopic (exact) mass is 315 g/mol. The van der Waals surface area contributed by atoms with E-state index in [9.17, 15) is 4.79 Å². The molecule has 0 radical (unpaired) electrons. The van der Waals surface area contributed by atoms with Crippen LogP contribution in [0.15, 0.2) is 18.2 Å². The van der Waals surface area contributed by atoms with Gasteiger partial charge in [0.25, 0.3) is 5.91 Å². The standard InChI is InChI=1S/C20H29NO2/c1-13-6-7-14(2)16(10-13)23-12-18(22)21-17-11-15-8-9-20(17,5)19(15,3)4/h6-7,10,15,17H,8-9,11-12H2,1-5H3,(H,21,22)/t15-,17-,20+/m1/s1. The topological polar surface area (TPSA) is 38.3 Å². The maximum atomic E-state index is 12.4. The Balaban J connectivity index is 1.60. The van der Waals surface area contributed by atoms with Crippen molar-refractivity contribution in [1.29, 1.82) is 0 Å². The Morgan fingerprint density at radius 2 is 2.04 bits per heavy atom. The van der Waals surface area contributed by atoms with Gasteiger partial charge < -0.3 is 10.1 Å². The minimum atomic E-state index is 0.000445. The molecule has 3 atom stereocenters. The molecule has 0 aromatic heterocycles. The second-order valence-electron chi connectivity index (χ2n) is 8.29. The van der Waals surface area contributed by atoms with Crippen molar-refractivity contribution in [1.82, 2.24) is 5.32 Å². The molecule has 1 N–H and O–H groups in total. The molecule has 2 fully saturated rings. The van der Waals surface area contributed by atoms with E-state index in [1.807, 2.05) is 26.0 Å². The summed E-state index contributed by atoms with van der Waals surface area (Å²) in [6, 6.07) is 6.36. The van der Waals surface area contributed by atoms with Gasteiger partial charge >= 0.3 is 0 Å². The van der Waals surface area contributed by atoms with Crippen molar-refractivity contribution in [2.45, 2.75) is 59.9 Å². The Kier molecular flexibility index (Phi) is 3.94.